The van der Waals surface area contributed by atoms with Crippen LogP contribution >= 0.6 is 11.3 Å². The van der Waals surface area contributed by atoms with Crippen molar-refractivity contribution in [2.75, 3.05) is 26.4 Å². The minimum absolute atomic E-state index is 0.0301. The van der Waals surface area contributed by atoms with Crippen molar-refractivity contribution in [3.8, 4) is 0 Å². The van der Waals surface area contributed by atoms with Crippen LogP contribution in [0.1, 0.15) is 25.5 Å². The van der Waals surface area contributed by atoms with E-state index in [1.807, 2.05) is 0 Å². The molecule has 17 heavy (non-hydrogen) atoms. The van der Waals surface area contributed by atoms with E-state index in [1.165, 1.54) is 5.56 Å². The third kappa shape index (κ3) is 5.81. The smallest absolute Gasteiger partial charge is 0.332 e. The summed E-state index contributed by atoms with van der Waals surface area (Å²) in [6.07, 6.45) is 0. The highest BCUT2D eigenvalue weighted by Crippen LogP contribution is 2.14. The number of nitrogens with one attached hydrogen (secondary N) is 1. The fourth-order valence-corrected chi connectivity index (χ4v) is 2.10. The number of hydrogen-bond donors (Lipinski definition) is 1. The highest BCUT2D eigenvalue weighted by molar-refractivity contribution is 7.07. The molecular formula is C12H19NO3S. The molecule has 1 unspecified atom stereocenters. The van der Waals surface area contributed by atoms with Gasteiger partial charge in [-0.1, -0.05) is 0 Å². The molecule has 4 nitrogen and oxygen atoms in total. The third-order valence-electron chi connectivity index (χ3n) is 2.27. The molecule has 1 heterocycles. The number of thiophene rings is 1. The van der Waals surface area contributed by atoms with Crippen molar-refractivity contribution >= 4 is 17.3 Å². The second-order valence-electron chi connectivity index (χ2n) is 3.59. The van der Waals surface area contributed by atoms with Gasteiger partial charge in [0.2, 0.25) is 0 Å². The van der Waals surface area contributed by atoms with E-state index in [0.717, 1.165) is 6.54 Å². The summed E-state index contributed by atoms with van der Waals surface area (Å²) in [7, 11) is 0. The monoisotopic (exact) mass is 257 g/mol. The van der Waals surface area contributed by atoms with Crippen LogP contribution in [0.2, 0.25) is 0 Å². The Balaban J connectivity index is 2.03. The summed E-state index contributed by atoms with van der Waals surface area (Å²) in [5, 5.41) is 7.50. The van der Waals surface area contributed by atoms with Crippen molar-refractivity contribution in [3.63, 3.8) is 0 Å². The van der Waals surface area contributed by atoms with Gasteiger partial charge in [-0.2, -0.15) is 11.3 Å². The fraction of sp³-hybridized carbons (Fsp3) is 0.583. The average Bonchev–Trinajstić information content (AvgIpc) is 2.82. The van der Waals surface area contributed by atoms with Crippen LogP contribution in [0.25, 0.3) is 0 Å². The predicted octanol–water partition coefficient (Wildman–Crippen LogP) is 1.98. The van der Waals surface area contributed by atoms with Gasteiger partial charge in [-0.05, 0) is 36.2 Å². The van der Waals surface area contributed by atoms with E-state index >= 15 is 0 Å². The van der Waals surface area contributed by atoms with Gasteiger partial charge < -0.3 is 14.8 Å². The molecule has 0 bridgehead atoms. The molecule has 1 aromatic heterocycles. The SMILES string of the molecule is CCOC(=O)COCCNC(C)c1ccsc1. The molecule has 1 rings (SSSR count). The van der Waals surface area contributed by atoms with Crippen molar-refractivity contribution in [2.45, 2.75) is 19.9 Å². The minimum Gasteiger partial charge on any atom is -0.464 e. The zero-order valence-corrected chi connectivity index (χ0v) is 11.1. The Kier molecular flexibility index (Phi) is 6.84. The topological polar surface area (TPSA) is 47.6 Å². The number of carbonyl (C=O) groups excluding carboxylic acids is 1. The van der Waals surface area contributed by atoms with E-state index in [2.05, 4.69) is 29.1 Å². The van der Waals surface area contributed by atoms with Crippen LogP contribution in [-0.2, 0) is 14.3 Å². The first-order valence-corrected chi connectivity index (χ1v) is 6.67. The summed E-state index contributed by atoms with van der Waals surface area (Å²) in [6.45, 7) is 5.54. The first kappa shape index (κ1) is 14.2. The molecule has 0 amide bonds. The molecule has 0 saturated heterocycles. The van der Waals surface area contributed by atoms with Gasteiger partial charge in [-0.25, -0.2) is 4.79 Å². The molecule has 0 fully saturated rings. The molecule has 1 N–H and O–H groups in total. The van der Waals surface area contributed by atoms with Gasteiger partial charge in [0.25, 0.3) is 0 Å². The third-order valence-corrected chi connectivity index (χ3v) is 2.97. The van der Waals surface area contributed by atoms with Gasteiger partial charge in [0.15, 0.2) is 0 Å². The van der Waals surface area contributed by atoms with Gasteiger partial charge in [0.05, 0.1) is 13.2 Å². The van der Waals surface area contributed by atoms with Crippen LogP contribution in [0.4, 0.5) is 0 Å². The summed E-state index contributed by atoms with van der Waals surface area (Å²) in [4.78, 5) is 11.0. The molecule has 0 spiro atoms. The lowest BCUT2D eigenvalue weighted by molar-refractivity contribution is -0.148. The summed E-state index contributed by atoms with van der Waals surface area (Å²) in [5.74, 6) is -0.307. The Morgan fingerprint density at radius 3 is 3.06 bits per heavy atom. The number of rotatable bonds is 8. The lowest BCUT2D eigenvalue weighted by atomic mass is 10.2. The summed E-state index contributed by atoms with van der Waals surface area (Å²) in [6, 6.07) is 2.41. The van der Waals surface area contributed by atoms with Crippen molar-refractivity contribution in [2.24, 2.45) is 0 Å². The maximum Gasteiger partial charge on any atom is 0.332 e. The van der Waals surface area contributed by atoms with Gasteiger partial charge in [-0.3, -0.25) is 0 Å². The van der Waals surface area contributed by atoms with E-state index in [9.17, 15) is 4.79 Å². The lowest BCUT2D eigenvalue weighted by Crippen LogP contribution is -2.24. The zero-order valence-electron chi connectivity index (χ0n) is 10.3. The molecule has 0 aliphatic heterocycles. The van der Waals surface area contributed by atoms with Crippen LogP contribution < -0.4 is 5.32 Å². The number of esters is 1. The molecule has 0 aliphatic rings. The number of ether oxygens (including phenoxy) is 2. The highest BCUT2D eigenvalue weighted by atomic mass is 32.1. The Morgan fingerprint density at radius 2 is 2.41 bits per heavy atom. The summed E-state index contributed by atoms with van der Waals surface area (Å²) >= 11 is 1.69. The quantitative estimate of drug-likeness (QED) is 0.571. The van der Waals surface area contributed by atoms with Gasteiger partial charge >= 0.3 is 5.97 Å². The zero-order chi connectivity index (χ0) is 12.5. The molecule has 5 heteroatoms. The van der Waals surface area contributed by atoms with Crippen LogP contribution in [0.15, 0.2) is 16.8 Å². The molecule has 1 atom stereocenters. The first-order chi connectivity index (χ1) is 8.24. The van der Waals surface area contributed by atoms with Crippen LogP contribution in [0.5, 0.6) is 0 Å². The maximum atomic E-state index is 11.0. The van der Waals surface area contributed by atoms with Gasteiger partial charge in [0.1, 0.15) is 6.61 Å². The largest absolute Gasteiger partial charge is 0.464 e. The number of hydrogen-bond acceptors (Lipinski definition) is 5. The van der Waals surface area contributed by atoms with Crippen molar-refractivity contribution in [1.29, 1.82) is 0 Å². The van der Waals surface area contributed by atoms with E-state index in [4.69, 9.17) is 9.47 Å². The summed E-state index contributed by atoms with van der Waals surface area (Å²) in [5.41, 5.74) is 1.28. The molecule has 0 saturated carbocycles. The second-order valence-corrected chi connectivity index (χ2v) is 4.37. The summed E-state index contributed by atoms with van der Waals surface area (Å²) < 4.78 is 9.93. The van der Waals surface area contributed by atoms with Crippen molar-refractivity contribution < 1.29 is 14.3 Å². The average molecular weight is 257 g/mol. The molecule has 0 aromatic carbocycles. The van der Waals surface area contributed by atoms with Crippen LogP contribution in [0, 0.1) is 0 Å². The predicted molar refractivity (Wildman–Crippen MR) is 68.2 cm³/mol. The first-order valence-electron chi connectivity index (χ1n) is 5.73. The Labute approximate surface area is 106 Å². The normalized spacial score (nSPS) is 12.4. The van der Waals surface area contributed by atoms with E-state index in [1.54, 1.807) is 18.3 Å². The van der Waals surface area contributed by atoms with E-state index in [-0.39, 0.29) is 12.6 Å². The molecule has 1 aromatic rings. The van der Waals surface area contributed by atoms with Gasteiger partial charge in [0, 0.05) is 12.6 Å². The lowest BCUT2D eigenvalue weighted by Gasteiger charge is -2.12. The van der Waals surface area contributed by atoms with E-state index < -0.39 is 0 Å². The van der Waals surface area contributed by atoms with Crippen LogP contribution in [-0.4, -0.2) is 32.3 Å². The standard InChI is InChI=1S/C12H19NO3S/c1-3-16-12(14)8-15-6-5-13-10(2)11-4-7-17-9-11/h4,7,9-10,13H,3,5-6,8H2,1-2H3. The van der Waals surface area contributed by atoms with Crippen LogP contribution in [0.3, 0.4) is 0 Å². The van der Waals surface area contributed by atoms with E-state index in [0.29, 0.717) is 19.3 Å². The Morgan fingerprint density at radius 1 is 1.59 bits per heavy atom. The Hall–Kier alpha value is -0.910. The second kappa shape index (κ2) is 8.22. The Bertz CT molecular complexity index is 314. The highest BCUT2D eigenvalue weighted by Gasteiger charge is 2.05. The molecular weight excluding hydrogens is 238 g/mol. The maximum absolute atomic E-state index is 11.0. The molecule has 0 radical (unpaired) electrons. The van der Waals surface area contributed by atoms with Crippen molar-refractivity contribution in [1.82, 2.24) is 5.32 Å². The minimum atomic E-state index is -0.307. The van der Waals surface area contributed by atoms with Crippen molar-refractivity contribution in [3.05, 3.63) is 22.4 Å². The number of carbonyl (C=O) groups is 1. The molecule has 0 aliphatic carbocycles. The molecule has 96 valence electrons. The van der Waals surface area contributed by atoms with Gasteiger partial charge in [-0.15, -0.1) is 0 Å². The fourth-order valence-electron chi connectivity index (χ4n) is 1.34.